The number of nitrogens with zero attached hydrogens (tertiary/aromatic N) is 3. The summed E-state index contributed by atoms with van der Waals surface area (Å²) in [6.07, 6.45) is -4.81. The SMILES string of the molecule is O=C(CN(c1ccc(Cl)c(C(F)(F)F)c1)S(=O)(=O)c1ccccc1)N1CCN(Cc2ccc3c(c2)OCO3)CC1. The molecule has 212 valence electrons. The summed E-state index contributed by atoms with van der Waals surface area (Å²) in [7, 11) is -4.38. The Kier molecular flexibility index (Phi) is 7.85. The summed E-state index contributed by atoms with van der Waals surface area (Å²) in [6, 6.07) is 15.7. The molecule has 0 aromatic heterocycles. The number of hydrogen-bond acceptors (Lipinski definition) is 6. The molecule has 1 saturated heterocycles. The summed E-state index contributed by atoms with van der Waals surface area (Å²) in [4.78, 5) is 16.8. The van der Waals surface area contributed by atoms with Crippen molar-refractivity contribution in [2.75, 3.05) is 43.8 Å². The quantitative estimate of drug-likeness (QED) is 0.396. The Morgan fingerprint density at radius 3 is 2.33 bits per heavy atom. The van der Waals surface area contributed by atoms with Gasteiger partial charge in [-0.25, -0.2) is 8.42 Å². The van der Waals surface area contributed by atoms with Gasteiger partial charge in [0.25, 0.3) is 10.0 Å². The molecular weight excluding hydrogens is 571 g/mol. The van der Waals surface area contributed by atoms with Crippen LogP contribution in [0.5, 0.6) is 11.5 Å². The molecule has 0 saturated carbocycles. The molecule has 0 radical (unpaired) electrons. The molecule has 0 atom stereocenters. The number of piperazine rings is 1. The monoisotopic (exact) mass is 595 g/mol. The van der Waals surface area contributed by atoms with Crippen LogP contribution in [0.2, 0.25) is 5.02 Å². The normalized spacial score (nSPS) is 15.8. The molecule has 13 heteroatoms. The second-order valence-corrected chi connectivity index (χ2v) is 11.6. The van der Waals surface area contributed by atoms with Crippen molar-refractivity contribution in [2.24, 2.45) is 0 Å². The number of benzene rings is 3. The highest BCUT2D eigenvalue weighted by Gasteiger charge is 2.36. The average Bonchev–Trinajstić information content (AvgIpc) is 3.40. The lowest BCUT2D eigenvalue weighted by atomic mass is 10.1. The van der Waals surface area contributed by atoms with Gasteiger partial charge < -0.3 is 14.4 Å². The minimum atomic E-state index is -4.81. The molecule has 3 aromatic rings. The van der Waals surface area contributed by atoms with Gasteiger partial charge in [0.2, 0.25) is 12.7 Å². The van der Waals surface area contributed by atoms with Crippen LogP contribution in [0.1, 0.15) is 11.1 Å². The van der Waals surface area contributed by atoms with Crippen LogP contribution in [0, 0.1) is 0 Å². The van der Waals surface area contributed by atoms with Gasteiger partial charge in [0.05, 0.1) is 21.2 Å². The lowest BCUT2D eigenvalue weighted by molar-refractivity contribution is -0.137. The largest absolute Gasteiger partial charge is 0.454 e. The Bertz CT molecular complexity index is 1500. The molecule has 0 bridgehead atoms. The third-order valence-corrected chi connectivity index (χ3v) is 8.84. The van der Waals surface area contributed by atoms with E-state index in [-0.39, 0.29) is 17.4 Å². The van der Waals surface area contributed by atoms with E-state index in [2.05, 4.69) is 4.90 Å². The van der Waals surface area contributed by atoms with Crippen LogP contribution >= 0.6 is 11.6 Å². The van der Waals surface area contributed by atoms with Crippen molar-refractivity contribution in [2.45, 2.75) is 17.6 Å². The van der Waals surface area contributed by atoms with Gasteiger partial charge in [0, 0.05) is 32.7 Å². The van der Waals surface area contributed by atoms with Crippen LogP contribution in [0.3, 0.4) is 0 Å². The number of rotatable bonds is 7. The van der Waals surface area contributed by atoms with Crippen LogP contribution in [0.4, 0.5) is 18.9 Å². The van der Waals surface area contributed by atoms with E-state index in [1.807, 2.05) is 18.2 Å². The first-order chi connectivity index (χ1) is 19.0. The minimum Gasteiger partial charge on any atom is -0.454 e. The number of fused-ring (bicyclic) bond motifs is 1. The second-order valence-electron chi connectivity index (χ2n) is 9.33. The molecule has 2 aliphatic heterocycles. The molecule has 2 aliphatic rings. The fourth-order valence-corrected chi connectivity index (χ4v) is 6.25. The van der Waals surface area contributed by atoms with Crippen molar-refractivity contribution < 1.29 is 35.9 Å². The number of carbonyl (C=O) groups excluding carboxylic acids is 1. The molecule has 0 unspecified atom stereocenters. The molecule has 5 rings (SSSR count). The molecule has 40 heavy (non-hydrogen) atoms. The maximum absolute atomic E-state index is 13.6. The molecule has 0 N–H and O–H groups in total. The van der Waals surface area contributed by atoms with Gasteiger partial charge in [-0.2, -0.15) is 13.2 Å². The highest BCUT2D eigenvalue weighted by atomic mass is 35.5. The van der Waals surface area contributed by atoms with E-state index in [0.717, 1.165) is 17.7 Å². The highest BCUT2D eigenvalue weighted by Crippen LogP contribution is 2.38. The van der Waals surface area contributed by atoms with E-state index in [0.29, 0.717) is 54.6 Å². The first-order valence-corrected chi connectivity index (χ1v) is 14.2. The van der Waals surface area contributed by atoms with Gasteiger partial charge in [0.15, 0.2) is 11.5 Å². The van der Waals surface area contributed by atoms with Gasteiger partial charge in [-0.15, -0.1) is 0 Å². The number of alkyl halides is 3. The highest BCUT2D eigenvalue weighted by molar-refractivity contribution is 7.92. The van der Waals surface area contributed by atoms with Crippen LogP contribution < -0.4 is 13.8 Å². The summed E-state index contributed by atoms with van der Waals surface area (Å²) < 4.78 is 79.3. The van der Waals surface area contributed by atoms with Crippen LogP contribution in [-0.4, -0.2) is 63.6 Å². The van der Waals surface area contributed by atoms with Crippen molar-refractivity contribution >= 4 is 33.2 Å². The first kappa shape index (κ1) is 28.1. The third kappa shape index (κ3) is 5.98. The van der Waals surface area contributed by atoms with E-state index in [9.17, 15) is 26.4 Å². The van der Waals surface area contributed by atoms with Gasteiger partial charge in [-0.05, 0) is 48.0 Å². The number of amides is 1. The minimum absolute atomic E-state index is 0.153. The molecule has 1 amide bonds. The number of carbonyl (C=O) groups is 1. The number of ether oxygens (including phenoxy) is 2. The standard InChI is InChI=1S/C27H25ClF3N3O5S/c28-23-8-7-20(15-22(23)27(29,30)31)34(40(36,37)21-4-2-1-3-5-21)17-26(35)33-12-10-32(11-13-33)16-19-6-9-24-25(14-19)39-18-38-24/h1-9,14-15H,10-13,16-18H2. The predicted molar refractivity (Wildman–Crippen MR) is 142 cm³/mol. The summed E-state index contributed by atoms with van der Waals surface area (Å²) in [6.45, 7) is 1.87. The molecular formula is C27H25ClF3N3O5S. The third-order valence-electron chi connectivity index (χ3n) is 6.72. The van der Waals surface area contributed by atoms with Crippen molar-refractivity contribution in [3.8, 4) is 11.5 Å². The Hall–Kier alpha value is -3.48. The van der Waals surface area contributed by atoms with E-state index < -0.39 is 39.2 Å². The topological polar surface area (TPSA) is 79.4 Å². The summed E-state index contributed by atoms with van der Waals surface area (Å²) in [5.41, 5.74) is -0.479. The summed E-state index contributed by atoms with van der Waals surface area (Å²) >= 11 is 5.76. The Balaban J connectivity index is 1.32. The fraction of sp³-hybridized carbons (Fsp3) is 0.296. The van der Waals surface area contributed by atoms with E-state index in [1.165, 1.54) is 29.2 Å². The maximum Gasteiger partial charge on any atom is 0.417 e. The molecule has 8 nitrogen and oxygen atoms in total. The Morgan fingerprint density at radius 1 is 0.925 bits per heavy atom. The van der Waals surface area contributed by atoms with Crippen molar-refractivity contribution in [1.82, 2.24) is 9.80 Å². The second kappa shape index (κ2) is 11.2. The van der Waals surface area contributed by atoms with Crippen LogP contribution in [0.15, 0.2) is 71.6 Å². The van der Waals surface area contributed by atoms with Gasteiger partial charge >= 0.3 is 6.18 Å². The van der Waals surface area contributed by atoms with Crippen LogP contribution in [-0.2, 0) is 27.5 Å². The smallest absolute Gasteiger partial charge is 0.417 e. The molecule has 3 aromatic carbocycles. The van der Waals surface area contributed by atoms with Crippen LogP contribution in [0.25, 0.3) is 0 Å². The van der Waals surface area contributed by atoms with Crippen molar-refractivity contribution in [1.29, 1.82) is 0 Å². The van der Waals surface area contributed by atoms with Gasteiger partial charge in [-0.3, -0.25) is 14.0 Å². The molecule has 2 heterocycles. The van der Waals surface area contributed by atoms with E-state index >= 15 is 0 Å². The summed E-state index contributed by atoms with van der Waals surface area (Å²) in [5.74, 6) is 0.852. The lowest BCUT2D eigenvalue weighted by Gasteiger charge is -2.36. The number of halogens is 4. The van der Waals surface area contributed by atoms with E-state index in [4.69, 9.17) is 21.1 Å². The fourth-order valence-electron chi connectivity index (χ4n) is 4.60. The predicted octanol–water partition coefficient (Wildman–Crippen LogP) is 4.63. The number of anilines is 1. The van der Waals surface area contributed by atoms with Crippen molar-refractivity contribution in [3.05, 3.63) is 82.9 Å². The molecule has 1 fully saturated rings. The summed E-state index contributed by atoms with van der Waals surface area (Å²) in [5, 5.41) is -0.571. The van der Waals surface area contributed by atoms with Gasteiger partial charge in [0.1, 0.15) is 6.54 Å². The zero-order valence-corrected chi connectivity index (χ0v) is 22.7. The number of sulfonamides is 1. The van der Waals surface area contributed by atoms with Gasteiger partial charge in [-0.1, -0.05) is 35.9 Å². The van der Waals surface area contributed by atoms with Crippen molar-refractivity contribution in [3.63, 3.8) is 0 Å². The zero-order valence-electron chi connectivity index (χ0n) is 21.1. The Morgan fingerprint density at radius 2 is 1.62 bits per heavy atom. The lowest BCUT2D eigenvalue weighted by Crippen LogP contribution is -2.51. The Labute approximate surface area is 234 Å². The molecule has 0 aliphatic carbocycles. The average molecular weight is 596 g/mol. The zero-order chi connectivity index (χ0) is 28.5. The number of hydrogen-bond donors (Lipinski definition) is 0. The van der Waals surface area contributed by atoms with E-state index in [1.54, 1.807) is 6.07 Å². The first-order valence-electron chi connectivity index (χ1n) is 12.4. The maximum atomic E-state index is 13.6. The molecule has 0 spiro atoms.